The third-order valence-electron chi connectivity index (χ3n) is 1.27. The van der Waals surface area contributed by atoms with E-state index in [-0.39, 0.29) is 6.61 Å². The summed E-state index contributed by atoms with van der Waals surface area (Å²) < 4.78 is 4.53. The molecule has 0 aliphatic carbocycles. The summed E-state index contributed by atoms with van der Waals surface area (Å²) in [5.41, 5.74) is 0.801. The first-order valence-corrected chi connectivity index (χ1v) is 3.12. The molecule has 11 heavy (non-hydrogen) atoms. The van der Waals surface area contributed by atoms with E-state index in [1.165, 1.54) is 0 Å². The van der Waals surface area contributed by atoms with Gasteiger partial charge < -0.3 is 9.84 Å². The second-order valence-electron chi connectivity index (χ2n) is 2.00. The number of rotatable bonds is 2. The van der Waals surface area contributed by atoms with Crippen LogP contribution >= 0.6 is 0 Å². The van der Waals surface area contributed by atoms with Crippen molar-refractivity contribution in [1.29, 1.82) is 5.26 Å². The van der Waals surface area contributed by atoms with E-state index in [0.29, 0.717) is 5.75 Å². The molecular formula is C8H7NO2. The molecule has 0 aliphatic heterocycles. The van der Waals surface area contributed by atoms with Crippen LogP contribution in [0.2, 0.25) is 0 Å². The van der Waals surface area contributed by atoms with Gasteiger partial charge in [0, 0.05) is 0 Å². The monoisotopic (exact) mass is 149 g/mol. The van der Waals surface area contributed by atoms with Gasteiger partial charge in [0.1, 0.15) is 5.75 Å². The molecule has 0 fully saturated rings. The van der Waals surface area contributed by atoms with Crippen LogP contribution in [-0.4, -0.2) is 5.11 Å². The summed E-state index contributed by atoms with van der Waals surface area (Å²) in [6.07, 6.45) is 1.56. The summed E-state index contributed by atoms with van der Waals surface area (Å²) in [5, 5.41) is 16.8. The maximum atomic E-state index is 8.65. The molecule has 0 saturated heterocycles. The third kappa shape index (κ3) is 1.95. The van der Waals surface area contributed by atoms with E-state index in [0.717, 1.165) is 5.56 Å². The molecule has 0 bridgehead atoms. The highest BCUT2D eigenvalue weighted by Crippen LogP contribution is 2.11. The highest BCUT2D eigenvalue weighted by molar-refractivity contribution is 5.27. The van der Waals surface area contributed by atoms with Crippen LogP contribution in [0.3, 0.4) is 0 Å². The smallest absolute Gasteiger partial charge is 0.292 e. The highest BCUT2D eigenvalue weighted by atomic mass is 16.5. The van der Waals surface area contributed by atoms with Crippen LogP contribution in [0.1, 0.15) is 5.56 Å². The predicted octanol–water partition coefficient (Wildman–Crippen LogP) is 1.04. The molecule has 0 spiro atoms. The van der Waals surface area contributed by atoms with Crippen LogP contribution in [0.5, 0.6) is 5.75 Å². The molecule has 1 aromatic carbocycles. The lowest BCUT2D eigenvalue weighted by Gasteiger charge is -1.96. The summed E-state index contributed by atoms with van der Waals surface area (Å²) in [4.78, 5) is 0. The molecule has 0 heterocycles. The van der Waals surface area contributed by atoms with Crippen LogP contribution in [0.4, 0.5) is 0 Å². The summed E-state index contributed by atoms with van der Waals surface area (Å²) >= 11 is 0. The second-order valence-corrected chi connectivity index (χ2v) is 2.00. The molecule has 0 amide bonds. The minimum absolute atomic E-state index is 0.00678. The van der Waals surface area contributed by atoms with Gasteiger partial charge in [0.05, 0.1) is 6.61 Å². The van der Waals surface area contributed by atoms with E-state index in [1.807, 2.05) is 0 Å². The zero-order valence-electron chi connectivity index (χ0n) is 5.82. The number of aliphatic hydroxyl groups is 1. The maximum Gasteiger partial charge on any atom is 0.292 e. The number of aliphatic hydroxyl groups excluding tert-OH is 1. The lowest BCUT2D eigenvalue weighted by molar-refractivity contribution is 0.281. The third-order valence-corrected chi connectivity index (χ3v) is 1.27. The molecular weight excluding hydrogens is 142 g/mol. The molecule has 3 nitrogen and oxygen atoms in total. The van der Waals surface area contributed by atoms with Crippen molar-refractivity contribution in [1.82, 2.24) is 0 Å². The average Bonchev–Trinajstić information content (AvgIpc) is 2.07. The molecule has 1 N–H and O–H groups in total. The lowest BCUT2D eigenvalue weighted by Crippen LogP contribution is -1.84. The molecule has 56 valence electrons. The van der Waals surface area contributed by atoms with Crippen LogP contribution in [0.25, 0.3) is 0 Å². The standard InChI is InChI=1S/C8H7NO2/c9-6-11-8-3-1-7(5-10)2-4-8/h1-4,10H,5H2. The second kappa shape index (κ2) is 3.59. The first-order chi connectivity index (χ1) is 5.36. The first-order valence-electron chi connectivity index (χ1n) is 3.12. The average molecular weight is 149 g/mol. The molecule has 1 rings (SSSR count). The number of benzene rings is 1. The number of nitriles is 1. The van der Waals surface area contributed by atoms with E-state index in [9.17, 15) is 0 Å². The zero-order chi connectivity index (χ0) is 8.10. The Labute approximate surface area is 64.5 Å². The van der Waals surface area contributed by atoms with Gasteiger partial charge in [-0.1, -0.05) is 12.1 Å². The summed E-state index contributed by atoms with van der Waals surface area (Å²) in [6.45, 7) is 0.00678. The van der Waals surface area contributed by atoms with Crippen LogP contribution in [0.15, 0.2) is 24.3 Å². The van der Waals surface area contributed by atoms with Gasteiger partial charge in [-0.05, 0) is 17.7 Å². The van der Waals surface area contributed by atoms with E-state index in [4.69, 9.17) is 10.4 Å². The fourth-order valence-electron chi connectivity index (χ4n) is 0.716. The van der Waals surface area contributed by atoms with Gasteiger partial charge in [0.2, 0.25) is 0 Å². The molecule has 0 saturated carbocycles. The Balaban J connectivity index is 2.76. The quantitative estimate of drug-likeness (QED) is 0.639. The van der Waals surface area contributed by atoms with Gasteiger partial charge in [-0.2, -0.15) is 0 Å². The molecule has 0 aromatic heterocycles. The van der Waals surface area contributed by atoms with Crippen molar-refractivity contribution >= 4 is 0 Å². The molecule has 3 heteroatoms. The van der Waals surface area contributed by atoms with Gasteiger partial charge in [-0.3, -0.25) is 0 Å². The summed E-state index contributed by atoms with van der Waals surface area (Å²) in [7, 11) is 0. The van der Waals surface area contributed by atoms with Crippen molar-refractivity contribution in [3.63, 3.8) is 0 Å². The molecule has 0 atom stereocenters. The number of hydrogen-bond donors (Lipinski definition) is 1. The van der Waals surface area contributed by atoms with Gasteiger partial charge in [0.15, 0.2) is 0 Å². The Morgan fingerprint density at radius 3 is 2.45 bits per heavy atom. The number of nitrogens with zero attached hydrogens (tertiary/aromatic N) is 1. The first kappa shape index (κ1) is 7.58. The summed E-state index contributed by atoms with van der Waals surface area (Å²) in [6, 6.07) is 6.67. The molecule has 0 aliphatic rings. The number of ether oxygens (including phenoxy) is 1. The van der Waals surface area contributed by atoms with Crippen LogP contribution in [-0.2, 0) is 6.61 Å². The highest BCUT2D eigenvalue weighted by Gasteiger charge is 1.92. The fraction of sp³-hybridized carbons (Fsp3) is 0.125. The molecule has 0 unspecified atom stereocenters. The SMILES string of the molecule is N#COc1ccc(CO)cc1. The van der Waals surface area contributed by atoms with Gasteiger partial charge in [0.25, 0.3) is 6.26 Å². The van der Waals surface area contributed by atoms with Crippen molar-refractivity contribution in [2.45, 2.75) is 6.61 Å². The van der Waals surface area contributed by atoms with Crippen molar-refractivity contribution in [2.75, 3.05) is 0 Å². The van der Waals surface area contributed by atoms with E-state index in [2.05, 4.69) is 4.74 Å². The van der Waals surface area contributed by atoms with E-state index in [1.54, 1.807) is 30.5 Å². The van der Waals surface area contributed by atoms with Crippen LogP contribution in [0, 0.1) is 11.5 Å². The minimum Gasteiger partial charge on any atom is -0.392 e. The van der Waals surface area contributed by atoms with E-state index < -0.39 is 0 Å². The van der Waals surface area contributed by atoms with E-state index >= 15 is 0 Å². The lowest BCUT2D eigenvalue weighted by atomic mass is 10.2. The topological polar surface area (TPSA) is 53.2 Å². The fourth-order valence-corrected chi connectivity index (χ4v) is 0.716. The van der Waals surface area contributed by atoms with Crippen LogP contribution < -0.4 is 4.74 Å². The molecule has 1 aromatic rings. The largest absolute Gasteiger partial charge is 0.392 e. The minimum atomic E-state index is 0.00678. The van der Waals surface area contributed by atoms with Crippen molar-refractivity contribution < 1.29 is 9.84 Å². The van der Waals surface area contributed by atoms with Crippen molar-refractivity contribution in [3.8, 4) is 12.0 Å². The Morgan fingerprint density at radius 2 is 2.00 bits per heavy atom. The summed E-state index contributed by atoms with van der Waals surface area (Å²) in [5.74, 6) is 0.490. The van der Waals surface area contributed by atoms with Gasteiger partial charge in [-0.25, -0.2) is 0 Å². The Hall–Kier alpha value is -1.53. The number of hydrogen-bond acceptors (Lipinski definition) is 3. The Bertz CT molecular complexity index is 260. The maximum absolute atomic E-state index is 8.65. The van der Waals surface area contributed by atoms with Gasteiger partial charge >= 0.3 is 0 Å². The zero-order valence-corrected chi connectivity index (χ0v) is 5.82. The molecule has 0 radical (unpaired) electrons. The Kier molecular flexibility index (Phi) is 2.47. The van der Waals surface area contributed by atoms with Gasteiger partial charge in [-0.15, -0.1) is 5.26 Å². The van der Waals surface area contributed by atoms with Crippen molar-refractivity contribution in [3.05, 3.63) is 29.8 Å². The Morgan fingerprint density at radius 1 is 1.36 bits per heavy atom. The predicted molar refractivity (Wildman–Crippen MR) is 38.6 cm³/mol. The normalized spacial score (nSPS) is 8.73. The van der Waals surface area contributed by atoms with Crippen molar-refractivity contribution in [2.24, 2.45) is 0 Å².